The topological polar surface area (TPSA) is 66.5 Å². The van der Waals surface area contributed by atoms with Crippen molar-refractivity contribution in [2.45, 2.75) is 25.7 Å². The molecule has 24 heavy (non-hydrogen) atoms. The molecule has 0 spiro atoms. The summed E-state index contributed by atoms with van der Waals surface area (Å²) in [5.41, 5.74) is 1.41. The van der Waals surface area contributed by atoms with Crippen LogP contribution in [0.2, 0.25) is 0 Å². The largest absolute Gasteiger partial charge is 0.356 e. The van der Waals surface area contributed by atoms with Crippen LogP contribution in [0.15, 0.2) is 39.8 Å². The van der Waals surface area contributed by atoms with Crippen molar-refractivity contribution in [3.8, 4) is 0 Å². The van der Waals surface area contributed by atoms with E-state index in [0.29, 0.717) is 24.1 Å². The summed E-state index contributed by atoms with van der Waals surface area (Å²) in [6.07, 6.45) is 1.86. The summed E-state index contributed by atoms with van der Waals surface area (Å²) in [5.74, 6) is 2.86. The monoisotopic (exact) mass is 441 g/mol. The van der Waals surface area contributed by atoms with Crippen LogP contribution in [0.1, 0.15) is 29.6 Å². The van der Waals surface area contributed by atoms with Gasteiger partial charge in [-0.05, 0) is 18.9 Å². The SMILES string of the molecule is CN=C(NCCc1nc(C)no1)N1CCC(c2ccccc2)C1.I. The van der Waals surface area contributed by atoms with E-state index in [0.717, 1.165) is 32.0 Å². The Morgan fingerprint density at radius 1 is 1.38 bits per heavy atom. The van der Waals surface area contributed by atoms with Gasteiger partial charge in [-0.3, -0.25) is 4.99 Å². The molecule has 1 atom stereocenters. The minimum Gasteiger partial charge on any atom is -0.356 e. The van der Waals surface area contributed by atoms with Crippen molar-refractivity contribution in [3.05, 3.63) is 47.6 Å². The minimum absolute atomic E-state index is 0. The molecule has 1 aliphatic heterocycles. The van der Waals surface area contributed by atoms with Crippen LogP contribution in [-0.2, 0) is 6.42 Å². The molecule has 1 aromatic carbocycles. The molecule has 0 radical (unpaired) electrons. The number of benzene rings is 1. The van der Waals surface area contributed by atoms with Gasteiger partial charge < -0.3 is 14.7 Å². The lowest BCUT2D eigenvalue weighted by Crippen LogP contribution is -2.40. The Kier molecular flexibility index (Phi) is 7.01. The average molecular weight is 441 g/mol. The molecular weight excluding hydrogens is 417 g/mol. The van der Waals surface area contributed by atoms with E-state index in [1.54, 1.807) is 0 Å². The van der Waals surface area contributed by atoms with Gasteiger partial charge in [0.05, 0.1) is 0 Å². The maximum Gasteiger partial charge on any atom is 0.228 e. The summed E-state index contributed by atoms with van der Waals surface area (Å²) < 4.78 is 5.13. The number of guanidine groups is 1. The lowest BCUT2D eigenvalue weighted by molar-refractivity contribution is 0.373. The molecule has 7 heteroatoms. The Balaban J connectivity index is 0.00000208. The van der Waals surface area contributed by atoms with Crippen LogP contribution in [0.3, 0.4) is 0 Å². The van der Waals surface area contributed by atoms with E-state index in [2.05, 4.69) is 55.7 Å². The van der Waals surface area contributed by atoms with Crippen LogP contribution in [0.4, 0.5) is 0 Å². The van der Waals surface area contributed by atoms with Gasteiger partial charge in [-0.15, -0.1) is 24.0 Å². The Labute approximate surface area is 159 Å². The number of rotatable bonds is 4. The van der Waals surface area contributed by atoms with Crippen LogP contribution in [-0.4, -0.2) is 47.7 Å². The fourth-order valence-electron chi connectivity index (χ4n) is 3.01. The van der Waals surface area contributed by atoms with Gasteiger partial charge >= 0.3 is 0 Å². The van der Waals surface area contributed by atoms with E-state index in [1.165, 1.54) is 5.56 Å². The van der Waals surface area contributed by atoms with Gasteiger partial charge in [0.25, 0.3) is 0 Å². The first kappa shape index (κ1) is 18.7. The summed E-state index contributed by atoms with van der Waals surface area (Å²) in [4.78, 5) is 10.9. The molecule has 1 unspecified atom stereocenters. The van der Waals surface area contributed by atoms with Crippen molar-refractivity contribution in [1.82, 2.24) is 20.4 Å². The molecule has 1 aliphatic rings. The van der Waals surface area contributed by atoms with Crippen molar-refractivity contribution >= 4 is 29.9 Å². The zero-order valence-corrected chi connectivity index (χ0v) is 16.4. The molecule has 0 aliphatic carbocycles. The molecule has 0 saturated carbocycles. The van der Waals surface area contributed by atoms with Crippen LogP contribution >= 0.6 is 24.0 Å². The number of aromatic nitrogens is 2. The van der Waals surface area contributed by atoms with E-state index < -0.39 is 0 Å². The second-order valence-corrected chi connectivity index (χ2v) is 5.80. The van der Waals surface area contributed by atoms with Crippen molar-refractivity contribution in [2.75, 3.05) is 26.7 Å². The zero-order valence-electron chi connectivity index (χ0n) is 14.1. The Hall–Kier alpha value is -1.64. The smallest absolute Gasteiger partial charge is 0.228 e. The summed E-state index contributed by atoms with van der Waals surface area (Å²) in [7, 11) is 1.83. The van der Waals surface area contributed by atoms with E-state index >= 15 is 0 Å². The van der Waals surface area contributed by atoms with Gasteiger partial charge in [0, 0.05) is 39.0 Å². The normalized spacial score (nSPS) is 17.7. The summed E-state index contributed by atoms with van der Waals surface area (Å²) in [6, 6.07) is 10.7. The van der Waals surface area contributed by atoms with Crippen molar-refractivity contribution in [2.24, 2.45) is 4.99 Å². The predicted octanol–water partition coefficient (Wildman–Crippen LogP) is 2.60. The summed E-state index contributed by atoms with van der Waals surface area (Å²) in [5, 5.41) is 7.19. The fraction of sp³-hybridized carbons (Fsp3) is 0.471. The average Bonchev–Trinajstić information content (AvgIpc) is 3.22. The first-order chi connectivity index (χ1) is 11.3. The number of nitrogens with zero attached hydrogens (tertiary/aromatic N) is 4. The molecule has 6 nitrogen and oxygen atoms in total. The molecule has 2 aromatic rings. The highest BCUT2D eigenvalue weighted by molar-refractivity contribution is 14.0. The Morgan fingerprint density at radius 2 is 2.17 bits per heavy atom. The molecule has 1 aromatic heterocycles. The Bertz CT molecular complexity index is 658. The summed E-state index contributed by atoms with van der Waals surface area (Å²) in [6.45, 7) is 4.59. The Morgan fingerprint density at radius 3 is 2.83 bits per heavy atom. The quantitative estimate of drug-likeness (QED) is 0.449. The maximum atomic E-state index is 5.13. The van der Waals surface area contributed by atoms with E-state index in [9.17, 15) is 0 Å². The van der Waals surface area contributed by atoms with Gasteiger partial charge in [0.15, 0.2) is 11.8 Å². The molecule has 0 bridgehead atoms. The highest BCUT2D eigenvalue weighted by atomic mass is 127. The van der Waals surface area contributed by atoms with Crippen LogP contribution in [0.25, 0.3) is 0 Å². The molecule has 1 N–H and O–H groups in total. The molecule has 2 heterocycles. The number of hydrogen-bond donors (Lipinski definition) is 1. The molecule has 130 valence electrons. The molecule has 1 saturated heterocycles. The summed E-state index contributed by atoms with van der Waals surface area (Å²) >= 11 is 0. The number of nitrogens with one attached hydrogen (secondary N) is 1. The van der Waals surface area contributed by atoms with E-state index in [1.807, 2.05) is 14.0 Å². The second kappa shape index (κ2) is 9.00. The molecule has 0 amide bonds. The van der Waals surface area contributed by atoms with Gasteiger partial charge in [-0.2, -0.15) is 4.98 Å². The van der Waals surface area contributed by atoms with Crippen molar-refractivity contribution in [1.29, 1.82) is 0 Å². The highest BCUT2D eigenvalue weighted by Crippen LogP contribution is 2.26. The number of aliphatic imine (C=N–C) groups is 1. The second-order valence-electron chi connectivity index (χ2n) is 5.80. The zero-order chi connectivity index (χ0) is 16.1. The standard InChI is InChI=1S/C17H23N5O.HI/c1-13-20-16(23-21-13)8-10-19-17(18-2)22-11-9-15(12-22)14-6-4-3-5-7-14;/h3-7,15H,8-12H2,1-2H3,(H,18,19);1H. The van der Waals surface area contributed by atoms with Gasteiger partial charge in [-0.1, -0.05) is 35.5 Å². The van der Waals surface area contributed by atoms with Gasteiger partial charge in [0.1, 0.15) is 0 Å². The number of aryl methyl sites for hydroxylation is 1. The van der Waals surface area contributed by atoms with Crippen LogP contribution in [0.5, 0.6) is 0 Å². The third-order valence-electron chi connectivity index (χ3n) is 4.16. The molecule has 3 rings (SSSR count). The lowest BCUT2D eigenvalue weighted by Gasteiger charge is -2.21. The van der Waals surface area contributed by atoms with Crippen molar-refractivity contribution in [3.63, 3.8) is 0 Å². The first-order valence-corrected chi connectivity index (χ1v) is 8.06. The lowest BCUT2D eigenvalue weighted by atomic mass is 9.99. The van der Waals surface area contributed by atoms with Crippen LogP contribution < -0.4 is 5.32 Å². The maximum absolute atomic E-state index is 5.13. The molecule has 1 fully saturated rings. The number of halogens is 1. The number of likely N-dealkylation sites (tertiary alicyclic amines) is 1. The third-order valence-corrected chi connectivity index (χ3v) is 4.16. The van der Waals surface area contributed by atoms with Gasteiger partial charge in [0.2, 0.25) is 5.89 Å². The van der Waals surface area contributed by atoms with E-state index in [4.69, 9.17) is 4.52 Å². The molecular formula is C17H24IN5O. The van der Waals surface area contributed by atoms with Crippen LogP contribution in [0, 0.1) is 6.92 Å². The fourth-order valence-corrected chi connectivity index (χ4v) is 3.01. The predicted molar refractivity (Wildman–Crippen MR) is 105 cm³/mol. The third kappa shape index (κ3) is 4.68. The minimum atomic E-state index is 0. The first-order valence-electron chi connectivity index (χ1n) is 8.06. The number of hydrogen-bond acceptors (Lipinski definition) is 4. The highest BCUT2D eigenvalue weighted by Gasteiger charge is 2.25. The van der Waals surface area contributed by atoms with Crippen molar-refractivity contribution < 1.29 is 4.52 Å². The van der Waals surface area contributed by atoms with E-state index in [-0.39, 0.29) is 24.0 Å². The van der Waals surface area contributed by atoms with Gasteiger partial charge in [-0.25, -0.2) is 0 Å².